The lowest BCUT2D eigenvalue weighted by molar-refractivity contribution is -0.126. The van der Waals surface area contributed by atoms with Crippen LogP contribution in [0.2, 0.25) is 0 Å². The van der Waals surface area contributed by atoms with E-state index >= 15 is 0 Å². The molecule has 0 atom stereocenters. The summed E-state index contributed by atoms with van der Waals surface area (Å²) in [5.41, 5.74) is -0.598. The number of hydrogen-bond donors (Lipinski definition) is 2. The first-order valence-electron chi connectivity index (χ1n) is 4.72. The van der Waals surface area contributed by atoms with E-state index in [1.165, 1.54) is 0 Å². The standard InChI is InChI=1S/C9H16N4O2/c1-6-12-7(13-15-6)5-11-8(14)9(2,3)10-4/h10H,5H2,1-4H3,(H,11,14). The van der Waals surface area contributed by atoms with Crippen molar-refractivity contribution in [3.63, 3.8) is 0 Å². The highest BCUT2D eigenvalue weighted by Crippen LogP contribution is 2.01. The van der Waals surface area contributed by atoms with E-state index < -0.39 is 5.54 Å². The number of hydrogen-bond acceptors (Lipinski definition) is 5. The molecule has 0 spiro atoms. The van der Waals surface area contributed by atoms with Gasteiger partial charge in [0.15, 0.2) is 5.82 Å². The Kier molecular flexibility index (Phi) is 3.41. The number of carbonyl (C=O) groups is 1. The number of carbonyl (C=O) groups excluding carboxylic acids is 1. The van der Waals surface area contributed by atoms with Crippen molar-refractivity contribution in [2.45, 2.75) is 32.9 Å². The number of nitrogens with one attached hydrogen (secondary N) is 2. The van der Waals surface area contributed by atoms with Gasteiger partial charge in [-0.15, -0.1) is 0 Å². The van der Waals surface area contributed by atoms with Crippen LogP contribution in [0.3, 0.4) is 0 Å². The predicted molar refractivity (Wildman–Crippen MR) is 54.0 cm³/mol. The van der Waals surface area contributed by atoms with Crippen molar-refractivity contribution >= 4 is 5.91 Å². The highest BCUT2D eigenvalue weighted by atomic mass is 16.5. The molecule has 1 rings (SSSR count). The maximum Gasteiger partial charge on any atom is 0.240 e. The first-order chi connectivity index (χ1) is 6.95. The van der Waals surface area contributed by atoms with Gasteiger partial charge in [0.25, 0.3) is 0 Å². The van der Waals surface area contributed by atoms with Crippen molar-refractivity contribution in [3.05, 3.63) is 11.7 Å². The zero-order valence-corrected chi connectivity index (χ0v) is 9.42. The van der Waals surface area contributed by atoms with Crippen LogP contribution in [-0.2, 0) is 11.3 Å². The third-order valence-electron chi connectivity index (χ3n) is 2.17. The summed E-state index contributed by atoms with van der Waals surface area (Å²) in [6.45, 7) is 5.57. The van der Waals surface area contributed by atoms with E-state index in [1.54, 1.807) is 27.8 Å². The molecule has 15 heavy (non-hydrogen) atoms. The van der Waals surface area contributed by atoms with Crippen LogP contribution in [0.5, 0.6) is 0 Å². The van der Waals surface area contributed by atoms with E-state index in [1.807, 2.05) is 0 Å². The number of likely N-dealkylation sites (N-methyl/N-ethyl adjacent to an activating group) is 1. The Balaban J connectivity index is 2.47. The quantitative estimate of drug-likeness (QED) is 0.734. The Morgan fingerprint density at radius 1 is 1.53 bits per heavy atom. The molecule has 0 saturated carbocycles. The normalized spacial score (nSPS) is 11.5. The van der Waals surface area contributed by atoms with Crippen LogP contribution in [0.4, 0.5) is 0 Å². The number of aryl methyl sites for hydroxylation is 1. The second-order valence-electron chi connectivity index (χ2n) is 3.79. The zero-order chi connectivity index (χ0) is 11.5. The zero-order valence-electron chi connectivity index (χ0n) is 9.42. The molecule has 1 amide bonds. The van der Waals surface area contributed by atoms with E-state index in [4.69, 9.17) is 4.52 Å². The highest BCUT2D eigenvalue weighted by Gasteiger charge is 2.24. The third kappa shape index (κ3) is 3.02. The van der Waals surface area contributed by atoms with E-state index in [9.17, 15) is 4.79 Å². The molecule has 1 heterocycles. The molecular weight excluding hydrogens is 196 g/mol. The average molecular weight is 212 g/mol. The van der Waals surface area contributed by atoms with Crippen molar-refractivity contribution in [2.24, 2.45) is 0 Å². The first kappa shape index (κ1) is 11.6. The van der Waals surface area contributed by atoms with Gasteiger partial charge in [0.2, 0.25) is 11.8 Å². The lowest BCUT2D eigenvalue weighted by atomic mass is 10.1. The molecule has 0 radical (unpaired) electrons. The van der Waals surface area contributed by atoms with E-state index in [-0.39, 0.29) is 12.5 Å². The van der Waals surface area contributed by atoms with Crippen LogP contribution in [-0.4, -0.2) is 28.6 Å². The van der Waals surface area contributed by atoms with E-state index in [0.717, 1.165) is 0 Å². The van der Waals surface area contributed by atoms with Gasteiger partial charge >= 0.3 is 0 Å². The summed E-state index contributed by atoms with van der Waals surface area (Å²) in [5, 5.41) is 9.30. The lowest BCUT2D eigenvalue weighted by Crippen LogP contribution is -2.50. The fourth-order valence-corrected chi connectivity index (χ4v) is 0.907. The van der Waals surface area contributed by atoms with Crippen molar-refractivity contribution in [3.8, 4) is 0 Å². The Hall–Kier alpha value is -1.43. The van der Waals surface area contributed by atoms with Crippen LogP contribution in [0.1, 0.15) is 25.6 Å². The van der Waals surface area contributed by atoms with Gasteiger partial charge in [-0.05, 0) is 20.9 Å². The summed E-state index contributed by atoms with van der Waals surface area (Å²) < 4.78 is 4.78. The minimum absolute atomic E-state index is 0.104. The molecule has 0 aliphatic carbocycles. The maximum atomic E-state index is 11.6. The van der Waals surface area contributed by atoms with Crippen LogP contribution in [0.25, 0.3) is 0 Å². The molecule has 0 aliphatic heterocycles. The van der Waals surface area contributed by atoms with E-state index in [2.05, 4.69) is 20.8 Å². The Morgan fingerprint density at radius 2 is 2.20 bits per heavy atom. The summed E-state index contributed by atoms with van der Waals surface area (Å²) in [6, 6.07) is 0. The van der Waals surface area contributed by atoms with Gasteiger partial charge in [0.1, 0.15) is 0 Å². The summed E-state index contributed by atoms with van der Waals surface area (Å²) >= 11 is 0. The fraction of sp³-hybridized carbons (Fsp3) is 0.667. The predicted octanol–water partition coefficient (Wildman–Crippen LogP) is -0.00778. The Bertz CT molecular complexity index is 346. The van der Waals surface area contributed by atoms with Crippen LogP contribution >= 0.6 is 0 Å². The number of amides is 1. The van der Waals surface area contributed by atoms with Crippen LogP contribution in [0.15, 0.2) is 4.52 Å². The molecule has 2 N–H and O–H groups in total. The topological polar surface area (TPSA) is 80.0 Å². The van der Waals surface area contributed by atoms with Gasteiger partial charge < -0.3 is 15.2 Å². The van der Waals surface area contributed by atoms with Crippen molar-refractivity contribution in [1.29, 1.82) is 0 Å². The average Bonchev–Trinajstić information content (AvgIpc) is 2.60. The van der Waals surface area contributed by atoms with Crippen molar-refractivity contribution < 1.29 is 9.32 Å². The highest BCUT2D eigenvalue weighted by molar-refractivity contribution is 5.85. The Labute approximate surface area is 88.4 Å². The van der Waals surface area contributed by atoms with E-state index in [0.29, 0.717) is 11.7 Å². The minimum atomic E-state index is -0.598. The second-order valence-corrected chi connectivity index (χ2v) is 3.79. The SMILES string of the molecule is CNC(C)(C)C(=O)NCc1noc(C)n1. The molecule has 6 heteroatoms. The molecule has 0 bridgehead atoms. The summed E-state index contributed by atoms with van der Waals surface area (Å²) in [5.74, 6) is 0.868. The monoisotopic (exact) mass is 212 g/mol. The van der Waals surface area contributed by atoms with Gasteiger partial charge in [0, 0.05) is 6.92 Å². The molecule has 0 saturated heterocycles. The summed E-state index contributed by atoms with van der Waals surface area (Å²) in [4.78, 5) is 15.6. The molecule has 0 unspecified atom stereocenters. The van der Waals surface area contributed by atoms with Crippen molar-refractivity contribution in [1.82, 2.24) is 20.8 Å². The summed E-state index contributed by atoms with van der Waals surface area (Å²) in [6.07, 6.45) is 0. The fourth-order valence-electron chi connectivity index (χ4n) is 0.907. The molecule has 0 aromatic carbocycles. The summed E-state index contributed by atoms with van der Waals surface area (Å²) in [7, 11) is 1.73. The minimum Gasteiger partial charge on any atom is -0.347 e. The first-order valence-corrected chi connectivity index (χ1v) is 4.72. The lowest BCUT2D eigenvalue weighted by Gasteiger charge is -2.22. The number of aromatic nitrogens is 2. The van der Waals surface area contributed by atoms with Crippen molar-refractivity contribution in [2.75, 3.05) is 7.05 Å². The third-order valence-corrected chi connectivity index (χ3v) is 2.17. The molecule has 6 nitrogen and oxygen atoms in total. The molecule has 0 aliphatic rings. The molecule has 0 fully saturated rings. The van der Waals surface area contributed by atoms with Gasteiger partial charge in [-0.2, -0.15) is 4.98 Å². The Morgan fingerprint density at radius 3 is 2.67 bits per heavy atom. The van der Waals surface area contributed by atoms with Crippen LogP contribution < -0.4 is 10.6 Å². The van der Waals surface area contributed by atoms with Gasteiger partial charge in [-0.25, -0.2) is 0 Å². The van der Waals surface area contributed by atoms with Gasteiger partial charge in [-0.3, -0.25) is 4.79 Å². The van der Waals surface area contributed by atoms with Gasteiger partial charge in [-0.1, -0.05) is 5.16 Å². The molecular formula is C9H16N4O2. The number of nitrogens with zero attached hydrogens (tertiary/aromatic N) is 2. The van der Waals surface area contributed by atoms with Crippen LogP contribution in [0, 0.1) is 6.92 Å². The number of rotatable bonds is 4. The molecule has 1 aromatic heterocycles. The maximum absolute atomic E-state index is 11.6. The van der Waals surface area contributed by atoms with Gasteiger partial charge in [0.05, 0.1) is 12.1 Å². The second kappa shape index (κ2) is 4.39. The smallest absolute Gasteiger partial charge is 0.240 e. The molecule has 1 aromatic rings. The molecule has 84 valence electrons. The largest absolute Gasteiger partial charge is 0.347 e.